The highest BCUT2D eigenvalue weighted by molar-refractivity contribution is 5.90. The van der Waals surface area contributed by atoms with Crippen LogP contribution in [0.25, 0.3) is 0 Å². The number of halogens is 3. The molecule has 0 unspecified atom stereocenters. The van der Waals surface area contributed by atoms with Crippen LogP contribution < -0.4 is 5.32 Å². The number of alkyl halides is 2. The van der Waals surface area contributed by atoms with Gasteiger partial charge in [-0.1, -0.05) is 5.92 Å². The van der Waals surface area contributed by atoms with Gasteiger partial charge in [-0.3, -0.25) is 5.32 Å². The van der Waals surface area contributed by atoms with Crippen LogP contribution in [0.15, 0.2) is 12.1 Å². The lowest BCUT2D eigenvalue weighted by Crippen LogP contribution is -2.50. The van der Waals surface area contributed by atoms with E-state index in [2.05, 4.69) is 17.2 Å². The van der Waals surface area contributed by atoms with Crippen molar-refractivity contribution in [2.45, 2.75) is 37.9 Å². The van der Waals surface area contributed by atoms with Crippen LogP contribution in [0.2, 0.25) is 0 Å². The molecule has 1 fully saturated rings. The van der Waals surface area contributed by atoms with Crippen molar-refractivity contribution in [3.63, 3.8) is 0 Å². The van der Waals surface area contributed by atoms with Crippen molar-refractivity contribution in [3.8, 4) is 11.8 Å². The number of cyclic esters (lactones) is 1. The Morgan fingerprint density at radius 2 is 2.17 bits per heavy atom. The van der Waals surface area contributed by atoms with Gasteiger partial charge in [0.1, 0.15) is 5.82 Å². The molecule has 3 rings (SSSR count). The van der Waals surface area contributed by atoms with Crippen LogP contribution in [0, 0.1) is 23.6 Å². The first-order chi connectivity index (χ1) is 10.8. The average molecular weight is 325 g/mol. The zero-order chi connectivity index (χ0) is 16.8. The molecule has 0 spiro atoms. The zero-order valence-electron chi connectivity index (χ0n) is 12.3. The highest BCUT2D eigenvalue weighted by Crippen LogP contribution is 2.47. The van der Waals surface area contributed by atoms with Gasteiger partial charge in [0, 0.05) is 24.0 Å². The predicted molar refractivity (Wildman–Crippen MR) is 75.2 cm³/mol. The third-order valence-electron chi connectivity index (χ3n) is 3.87. The molecule has 2 N–H and O–H groups in total. The minimum absolute atomic E-state index is 0.00664. The fraction of sp³-hybridized carbons (Fsp3) is 0.438. The lowest BCUT2D eigenvalue weighted by molar-refractivity contribution is -0.142. The number of aliphatic hydroxyl groups excluding tert-OH is 1. The van der Waals surface area contributed by atoms with Crippen LogP contribution in [0.3, 0.4) is 0 Å². The van der Waals surface area contributed by atoms with E-state index in [4.69, 9.17) is 9.84 Å². The maximum absolute atomic E-state index is 14.3. The molecule has 2 aliphatic rings. The Bertz CT molecular complexity index is 729. The zero-order valence-corrected chi connectivity index (χ0v) is 12.3. The Morgan fingerprint density at radius 3 is 2.74 bits per heavy atom. The number of aliphatic hydroxyl groups is 1. The van der Waals surface area contributed by atoms with E-state index in [9.17, 15) is 18.0 Å². The van der Waals surface area contributed by atoms with Crippen molar-refractivity contribution in [2.75, 3.05) is 5.32 Å². The van der Waals surface area contributed by atoms with E-state index < -0.39 is 30.0 Å². The molecule has 0 saturated heterocycles. The van der Waals surface area contributed by atoms with Crippen molar-refractivity contribution in [1.82, 2.24) is 0 Å². The summed E-state index contributed by atoms with van der Waals surface area (Å²) in [6, 6.07) is 1.95. The molecule has 7 heteroatoms. The summed E-state index contributed by atoms with van der Waals surface area (Å²) in [5, 5.41) is 11.4. The second kappa shape index (κ2) is 5.17. The van der Waals surface area contributed by atoms with Gasteiger partial charge in [-0.05, 0) is 30.9 Å². The van der Waals surface area contributed by atoms with Gasteiger partial charge in [-0.25, -0.2) is 18.0 Å². The molecular weight excluding hydrogens is 311 g/mol. The van der Waals surface area contributed by atoms with E-state index in [1.807, 2.05) is 0 Å². The fourth-order valence-corrected chi connectivity index (χ4v) is 2.42. The SMILES string of the molecule is CC(F)(F)[C@@]1(C#CC2CC2)OC(=O)Nc2cc(CO)c(F)cc21. The molecule has 0 radical (unpaired) electrons. The maximum atomic E-state index is 14.3. The Morgan fingerprint density at radius 1 is 1.48 bits per heavy atom. The van der Waals surface area contributed by atoms with Crippen LogP contribution in [-0.2, 0) is 16.9 Å². The van der Waals surface area contributed by atoms with Gasteiger partial charge in [0.25, 0.3) is 11.5 Å². The number of hydrogen-bond donors (Lipinski definition) is 2. The predicted octanol–water partition coefficient (Wildman–Crippen LogP) is 3.14. The Kier molecular flexibility index (Phi) is 3.52. The van der Waals surface area contributed by atoms with E-state index in [1.54, 1.807) is 0 Å². The van der Waals surface area contributed by atoms with Gasteiger partial charge in [0.15, 0.2) is 0 Å². The first-order valence-corrected chi connectivity index (χ1v) is 7.11. The second-order valence-corrected chi connectivity index (χ2v) is 5.78. The molecule has 1 aliphatic carbocycles. The van der Waals surface area contributed by atoms with Gasteiger partial charge >= 0.3 is 6.09 Å². The first-order valence-electron chi connectivity index (χ1n) is 7.11. The van der Waals surface area contributed by atoms with E-state index in [-0.39, 0.29) is 22.7 Å². The number of anilines is 1. The van der Waals surface area contributed by atoms with E-state index in [1.165, 1.54) is 0 Å². The monoisotopic (exact) mass is 325 g/mol. The molecule has 1 atom stereocenters. The van der Waals surface area contributed by atoms with Crippen molar-refractivity contribution in [1.29, 1.82) is 0 Å². The van der Waals surface area contributed by atoms with Crippen LogP contribution in [0.5, 0.6) is 0 Å². The van der Waals surface area contributed by atoms with Gasteiger partial charge in [0.05, 0.1) is 12.3 Å². The van der Waals surface area contributed by atoms with Gasteiger partial charge < -0.3 is 9.84 Å². The lowest BCUT2D eigenvalue weighted by Gasteiger charge is -2.38. The summed E-state index contributed by atoms with van der Waals surface area (Å²) >= 11 is 0. The van der Waals surface area contributed by atoms with Crippen LogP contribution in [0.1, 0.15) is 30.9 Å². The fourth-order valence-electron chi connectivity index (χ4n) is 2.42. The molecule has 122 valence electrons. The molecule has 1 heterocycles. The number of hydrogen-bond acceptors (Lipinski definition) is 3. The van der Waals surface area contributed by atoms with Crippen molar-refractivity contribution < 1.29 is 27.8 Å². The highest BCUT2D eigenvalue weighted by Gasteiger charge is 2.58. The van der Waals surface area contributed by atoms with Crippen molar-refractivity contribution >= 4 is 11.8 Å². The minimum Gasteiger partial charge on any atom is -0.418 e. The van der Waals surface area contributed by atoms with E-state index >= 15 is 0 Å². The molecule has 23 heavy (non-hydrogen) atoms. The van der Waals surface area contributed by atoms with Gasteiger partial charge in [-0.2, -0.15) is 0 Å². The van der Waals surface area contributed by atoms with E-state index in [0.717, 1.165) is 25.0 Å². The normalized spacial score (nSPS) is 23.3. The standard InChI is InChI=1S/C16H14F3NO3/c1-15(18,19)16(5-4-9-2-3-9)11-7-12(17)10(8-21)6-13(11)20-14(22)23-16/h6-7,9,21H,2-3,8H2,1H3,(H,20,22)/t16-/m0/s1. The third-order valence-corrected chi connectivity index (χ3v) is 3.87. The quantitative estimate of drug-likeness (QED) is 0.821. The van der Waals surface area contributed by atoms with Crippen LogP contribution >= 0.6 is 0 Å². The summed E-state index contributed by atoms with van der Waals surface area (Å²) in [5.74, 6) is 0.631. The molecule has 1 saturated carbocycles. The Balaban J connectivity index is 2.23. The summed E-state index contributed by atoms with van der Waals surface area (Å²) < 4.78 is 47.5. The number of nitrogens with one attached hydrogen (secondary N) is 1. The summed E-state index contributed by atoms with van der Waals surface area (Å²) in [6.07, 6.45) is 0.504. The number of carbonyl (C=O) groups excluding carboxylic acids is 1. The molecular formula is C16H14F3NO3. The van der Waals surface area contributed by atoms with Gasteiger partial charge in [0.2, 0.25) is 0 Å². The molecule has 4 nitrogen and oxygen atoms in total. The number of ether oxygens (including phenoxy) is 1. The summed E-state index contributed by atoms with van der Waals surface area (Å²) in [6.45, 7) is -0.0477. The molecule has 1 aromatic carbocycles. The second-order valence-electron chi connectivity index (χ2n) is 5.78. The van der Waals surface area contributed by atoms with Gasteiger partial charge in [-0.15, -0.1) is 0 Å². The summed E-state index contributed by atoms with van der Waals surface area (Å²) in [7, 11) is 0. The third kappa shape index (κ3) is 2.63. The first kappa shape index (κ1) is 15.7. The van der Waals surface area contributed by atoms with Crippen LogP contribution in [0.4, 0.5) is 23.7 Å². The molecule has 1 amide bonds. The maximum Gasteiger partial charge on any atom is 0.413 e. The molecule has 1 aliphatic heterocycles. The molecule has 0 bridgehead atoms. The smallest absolute Gasteiger partial charge is 0.413 e. The van der Waals surface area contributed by atoms with Crippen molar-refractivity contribution in [3.05, 3.63) is 29.1 Å². The largest absolute Gasteiger partial charge is 0.418 e. The number of carbonyl (C=O) groups is 1. The van der Waals surface area contributed by atoms with Crippen LogP contribution in [-0.4, -0.2) is 17.1 Å². The summed E-state index contributed by atoms with van der Waals surface area (Å²) in [4.78, 5) is 11.7. The Labute approximate surface area is 130 Å². The van der Waals surface area contributed by atoms with E-state index in [0.29, 0.717) is 6.92 Å². The van der Waals surface area contributed by atoms with Crippen molar-refractivity contribution in [2.24, 2.45) is 5.92 Å². The highest BCUT2D eigenvalue weighted by atomic mass is 19.3. The number of fused-ring (bicyclic) bond motifs is 1. The average Bonchev–Trinajstić information content (AvgIpc) is 3.27. The molecule has 1 aromatic rings. The number of amides is 1. The number of rotatable bonds is 2. The minimum atomic E-state index is -3.55. The topological polar surface area (TPSA) is 58.6 Å². The Hall–Kier alpha value is -2.20. The number of benzene rings is 1. The molecule has 0 aromatic heterocycles. The summed E-state index contributed by atoms with van der Waals surface area (Å²) in [5.41, 5.74) is -2.97. The lowest BCUT2D eigenvalue weighted by atomic mass is 9.85.